The molecule has 6 nitrogen and oxygen atoms in total. The van der Waals surface area contributed by atoms with Crippen LogP contribution in [-0.4, -0.2) is 37.6 Å². The van der Waals surface area contributed by atoms with Gasteiger partial charge in [-0.05, 0) is 29.8 Å². The molecule has 1 amide bonds. The van der Waals surface area contributed by atoms with Gasteiger partial charge in [0.15, 0.2) is 6.61 Å². The minimum Gasteiger partial charge on any atom is -0.467 e. The van der Waals surface area contributed by atoms with E-state index in [1.54, 1.807) is 0 Å². The van der Waals surface area contributed by atoms with Crippen LogP contribution in [0.25, 0.3) is 0 Å². The number of rotatable bonds is 7. The molecule has 0 saturated heterocycles. The van der Waals surface area contributed by atoms with Crippen LogP contribution < -0.4 is 5.32 Å². The minimum absolute atomic E-state index is 0.119. The van der Waals surface area contributed by atoms with Crippen molar-refractivity contribution >= 4 is 17.8 Å². The van der Waals surface area contributed by atoms with E-state index in [-0.39, 0.29) is 12.0 Å². The second kappa shape index (κ2) is 9.31. The van der Waals surface area contributed by atoms with Crippen LogP contribution in [0.2, 0.25) is 0 Å². The highest BCUT2D eigenvalue weighted by Crippen LogP contribution is 2.06. The third-order valence-corrected chi connectivity index (χ3v) is 3.52. The van der Waals surface area contributed by atoms with E-state index in [1.165, 1.54) is 19.2 Å². The summed E-state index contributed by atoms with van der Waals surface area (Å²) in [4.78, 5) is 35.7. The van der Waals surface area contributed by atoms with Crippen LogP contribution in [0, 0.1) is 5.82 Å². The van der Waals surface area contributed by atoms with E-state index in [0.29, 0.717) is 0 Å². The number of nitrogens with one attached hydrogen (secondary N) is 1. The van der Waals surface area contributed by atoms with E-state index in [2.05, 4.69) is 5.32 Å². The first-order chi connectivity index (χ1) is 12.5. The summed E-state index contributed by atoms with van der Waals surface area (Å²) in [7, 11) is 1.22. The molecule has 0 aliphatic carbocycles. The Morgan fingerprint density at radius 2 is 1.69 bits per heavy atom. The number of benzene rings is 2. The molecule has 0 saturated carbocycles. The Labute approximate surface area is 149 Å². The zero-order valence-electron chi connectivity index (χ0n) is 14.1. The standard InChI is InChI=1S/C19H18FNO5/c1-25-19(24)16(11-13-5-3-2-4-6-13)21-17(22)12-26-18(23)14-7-9-15(20)10-8-14/h2-10,16H,11-12H2,1H3,(H,21,22)/t16-/m0/s1. The fourth-order valence-corrected chi connectivity index (χ4v) is 2.22. The summed E-state index contributed by atoms with van der Waals surface area (Å²) >= 11 is 0. The zero-order chi connectivity index (χ0) is 18.9. The zero-order valence-corrected chi connectivity index (χ0v) is 14.1. The number of carbonyl (C=O) groups excluding carboxylic acids is 3. The lowest BCUT2D eigenvalue weighted by Gasteiger charge is -2.16. The van der Waals surface area contributed by atoms with Gasteiger partial charge < -0.3 is 14.8 Å². The Bertz CT molecular complexity index is 761. The molecule has 0 aliphatic rings. The molecule has 1 N–H and O–H groups in total. The molecule has 7 heteroatoms. The third kappa shape index (κ3) is 5.70. The van der Waals surface area contributed by atoms with E-state index in [1.807, 2.05) is 30.3 Å². The fourth-order valence-electron chi connectivity index (χ4n) is 2.22. The number of methoxy groups -OCH3 is 1. The smallest absolute Gasteiger partial charge is 0.338 e. The number of halogens is 1. The predicted molar refractivity (Wildman–Crippen MR) is 90.8 cm³/mol. The van der Waals surface area contributed by atoms with Crippen molar-refractivity contribution < 1.29 is 28.2 Å². The van der Waals surface area contributed by atoms with Gasteiger partial charge in [0.2, 0.25) is 0 Å². The van der Waals surface area contributed by atoms with Gasteiger partial charge in [0, 0.05) is 6.42 Å². The van der Waals surface area contributed by atoms with E-state index in [0.717, 1.165) is 17.7 Å². The minimum atomic E-state index is -0.903. The maximum Gasteiger partial charge on any atom is 0.338 e. The Kier molecular flexibility index (Phi) is 6.84. The lowest BCUT2D eigenvalue weighted by molar-refractivity contribution is -0.145. The molecule has 2 rings (SSSR count). The average molecular weight is 359 g/mol. The summed E-state index contributed by atoms with van der Waals surface area (Å²) < 4.78 is 22.4. The molecule has 1 atom stereocenters. The summed E-state index contributed by atoms with van der Waals surface area (Å²) in [5.41, 5.74) is 0.958. The first kappa shape index (κ1) is 19.1. The van der Waals surface area contributed by atoms with Crippen molar-refractivity contribution in [2.75, 3.05) is 13.7 Å². The number of esters is 2. The molecular formula is C19H18FNO5. The Morgan fingerprint density at radius 1 is 1.04 bits per heavy atom. The SMILES string of the molecule is COC(=O)[C@H](Cc1ccccc1)NC(=O)COC(=O)c1ccc(F)cc1. The molecule has 0 fully saturated rings. The Balaban J connectivity index is 1.91. The molecule has 0 radical (unpaired) electrons. The molecule has 0 spiro atoms. The summed E-state index contributed by atoms with van der Waals surface area (Å²) in [5.74, 6) is -2.50. The van der Waals surface area contributed by atoms with Crippen LogP contribution >= 0.6 is 0 Å². The van der Waals surface area contributed by atoms with Crippen LogP contribution in [0.4, 0.5) is 4.39 Å². The van der Waals surface area contributed by atoms with Crippen LogP contribution in [0.15, 0.2) is 54.6 Å². The number of hydrogen-bond donors (Lipinski definition) is 1. The normalized spacial score (nSPS) is 11.3. The fraction of sp³-hybridized carbons (Fsp3) is 0.211. The molecule has 0 bridgehead atoms. The quantitative estimate of drug-likeness (QED) is 0.764. The van der Waals surface area contributed by atoms with Crippen molar-refractivity contribution in [3.05, 3.63) is 71.5 Å². The first-order valence-corrected chi connectivity index (χ1v) is 7.83. The first-order valence-electron chi connectivity index (χ1n) is 7.83. The Hall–Kier alpha value is -3.22. The highest BCUT2D eigenvalue weighted by molar-refractivity contribution is 5.92. The van der Waals surface area contributed by atoms with Crippen molar-refractivity contribution in [1.82, 2.24) is 5.32 Å². The van der Waals surface area contributed by atoms with Gasteiger partial charge in [-0.25, -0.2) is 14.0 Å². The predicted octanol–water partition coefficient (Wildman–Crippen LogP) is 1.88. The average Bonchev–Trinajstić information content (AvgIpc) is 2.66. The maximum absolute atomic E-state index is 12.8. The van der Waals surface area contributed by atoms with Crippen LogP contribution in [0.5, 0.6) is 0 Å². The van der Waals surface area contributed by atoms with Gasteiger partial charge in [-0.2, -0.15) is 0 Å². The van der Waals surface area contributed by atoms with Gasteiger partial charge in [0.25, 0.3) is 5.91 Å². The summed E-state index contributed by atoms with van der Waals surface area (Å²) in [6.07, 6.45) is 0.241. The van der Waals surface area contributed by atoms with E-state index >= 15 is 0 Å². The molecule has 2 aromatic rings. The van der Waals surface area contributed by atoms with Gasteiger partial charge in [0.1, 0.15) is 11.9 Å². The van der Waals surface area contributed by atoms with Crippen molar-refractivity contribution in [3.8, 4) is 0 Å². The number of hydrogen-bond acceptors (Lipinski definition) is 5. The molecule has 2 aromatic carbocycles. The lowest BCUT2D eigenvalue weighted by Crippen LogP contribution is -2.44. The summed E-state index contributed by atoms with van der Waals surface area (Å²) in [5, 5.41) is 2.48. The summed E-state index contributed by atoms with van der Waals surface area (Å²) in [6, 6.07) is 12.9. The molecular weight excluding hydrogens is 341 g/mol. The molecule has 0 unspecified atom stereocenters. The van der Waals surface area contributed by atoms with Crippen molar-refractivity contribution in [1.29, 1.82) is 0 Å². The highest BCUT2D eigenvalue weighted by atomic mass is 19.1. The third-order valence-electron chi connectivity index (χ3n) is 3.52. The van der Waals surface area contributed by atoms with E-state index in [9.17, 15) is 18.8 Å². The van der Waals surface area contributed by atoms with Gasteiger partial charge in [-0.15, -0.1) is 0 Å². The molecule has 0 aromatic heterocycles. The Morgan fingerprint density at radius 3 is 2.31 bits per heavy atom. The van der Waals surface area contributed by atoms with Crippen LogP contribution in [-0.2, 0) is 25.5 Å². The molecule has 136 valence electrons. The number of carbonyl (C=O) groups is 3. The monoisotopic (exact) mass is 359 g/mol. The van der Waals surface area contributed by atoms with Gasteiger partial charge in [-0.3, -0.25) is 4.79 Å². The van der Waals surface area contributed by atoms with Crippen molar-refractivity contribution in [2.45, 2.75) is 12.5 Å². The van der Waals surface area contributed by atoms with Gasteiger partial charge in [0.05, 0.1) is 12.7 Å². The summed E-state index contributed by atoms with van der Waals surface area (Å²) in [6.45, 7) is -0.571. The van der Waals surface area contributed by atoms with Gasteiger partial charge >= 0.3 is 11.9 Å². The molecule has 0 heterocycles. The number of ether oxygens (including phenoxy) is 2. The van der Waals surface area contributed by atoms with Gasteiger partial charge in [-0.1, -0.05) is 30.3 Å². The topological polar surface area (TPSA) is 81.7 Å². The second-order valence-electron chi connectivity index (χ2n) is 5.42. The maximum atomic E-state index is 12.8. The van der Waals surface area contributed by atoms with E-state index < -0.39 is 36.3 Å². The van der Waals surface area contributed by atoms with E-state index in [4.69, 9.17) is 9.47 Å². The molecule has 26 heavy (non-hydrogen) atoms. The highest BCUT2D eigenvalue weighted by Gasteiger charge is 2.22. The second-order valence-corrected chi connectivity index (χ2v) is 5.42. The van der Waals surface area contributed by atoms with Crippen LogP contribution in [0.3, 0.4) is 0 Å². The van der Waals surface area contributed by atoms with Crippen molar-refractivity contribution in [2.24, 2.45) is 0 Å². The molecule has 0 aliphatic heterocycles. The largest absolute Gasteiger partial charge is 0.467 e. The van der Waals surface area contributed by atoms with Crippen molar-refractivity contribution in [3.63, 3.8) is 0 Å². The van der Waals surface area contributed by atoms with Crippen LogP contribution in [0.1, 0.15) is 15.9 Å². The lowest BCUT2D eigenvalue weighted by atomic mass is 10.1. The number of amides is 1.